The Labute approximate surface area is 133 Å². The molecule has 7 nitrogen and oxygen atoms in total. The van der Waals surface area contributed by atoms with Crippen LogP contribution in [0.15, 0.2) is 30.6 Å². The maximum Gasteiger partial charge on any atom is 0.241 e. The molecule has 2 amide bonds. The molecule has 1 saturated heterocycles. The van der Waals surface area contributed by atoms with Crippen LogP contribution in [0.4, 0.5) is 5.82 Å². The zero-order valence-corrected chi connectivity index (χ0v) is 12.7. The molecule has 1 aliphatic rings. The number of nitrogens with two attached hydrogens (primary N) is 1. The summed E-state index contributed by atoms with van der Waals surface area (Å²) < 4.78 is 0. The molecule has 3 N–H and O–H groups in total. The Hall–Kier alpha value is -2.70. The minimum Gasteiger partial charge on any atom is -0.369 e. The summed E-state index contributed by atoms with van der Waals surface area (Å²) in [5.41, 5.74) is 6.14. The Bertz CT molecular complexity index is 720. The molecule has 2 heterocycles. The number of anilines is 1. The SMILES string of the molecule is NC(=O)C1CCN(C(=O)CNc2ncnc3ccccc23)CC1. The smallest absolute Gasteiger partial charge is 0.241 e. The van der Waals surface area contributed by atoms with E-state index in [1.165, 1.54) is 6.33 Å². The number of hydrogen-bond acceptors (Lipinski definition) is 5. The standard InChI is InChI=1S/C16H19N5O2/c17-15(23)11-5-7-21(8-6-11)14(22)9-18-16-12-3-1-2-4-13(12)19-10-20-16/h1-4,10-11H,5-9H2,(H2,17,23)(H,18,19,20). The van der Waals surface area contributed by atoms with E-state index in [1.54, 1.807) is 4.90 Å². The number of rotatable bonds is 4. The number of aromatic nitrogens is 2. The summed E-state index contributed by atoms with van der Waals surface area (Å²) in [6.07, 6.45) is 2.75. The molecule has 0 atom stereocenters. The zero-order chi connectivity index (χ0) is 16.2. The molecule has 7 heteroatoms. The van der Waals surface area contributed by atoms with Crippen LogP contribution in [0.25, 0.3) is 10.9 Å². The second-order valence-electron chi connectivity index (χ2n) is 5.65. The van der Waals surface area contributed by atoms with E-state index >= 15 is 0 Å². The van der Waals surface area contributed by atoms with Crippen LogP contribution in [0.2, 0.25) is 0 Å². The predicted octanol–water partition coefficient (Wildman–Crippen LogP) is 0.766. The van der Waals surface area contributed by atoms with Gasteiger partial charge >= 0.3 is 0 Å². The normalized spacial score (nSPS) is 15.6. The number of amides is 2. The minimum atomic E-state index is -0.275. The van der Waals surface area contributed by atoms with Gasteiger partial charge < -0.3 is 16.0 Å². The van der Waals surface area contributed by atoms with E-state index < -0.39 is 0 Å². The summed E-state index contributed by atoms with van der Waals surface area (Å²) in [5, 5.41) is 3.97. The van der Waals surface area contributed by atoms with Crippen molar-refractivity contribution in [2.24, 2.45) is 11.7 Å². The number of nitrogens with zero attached hydrogens (tertiary/aromatic N) is 3. The highest BCUT2D eigenvalue weighted by Crippen LogP contribution is 2.19. The summed E-state index contributed by atoms with van der Waals surface area (Å²) in [4.78, 5) is 33.6. The fraction of sp³-hybridized carbons (Fsp3) is 0.375. The first-order chi connectivity index (χ1) is 11.1. The maximum atomic E-state index is 12.3. The number of benzene rings is 1. The van der Waals surface area contributed by atoms with Crippen LogP contribution in [-0.2, 0) is 9.59 Å². The molecule has 3 rings (SSSR count). The van der Waals surface area contributed by atoms with Crippen LogP contribution in [0.3, 0.4) is 0 Å². The third-order valence-electron chi connectivity index (χ3n) is 4.20. The topological polar surface area (TPSA) is 101 Å². The van der Waals surface area contributed by atoms with Gasteiger partial charge in [-0.2, -0.15) is 0 Å². The Morgan fingerprint density at radius 2 is 1.96 bits per heavy atom. The first-order valence-corrected chi connectivity index (χ1v) is 7.66. The van der Waals surface area contributed by atoms with Crippen molar-refractivity contribution in [3.63, 3.8) is 0 Å². The highest BCUT2D eigenvalue weighted by Gasteiger charge is 2.25. The molecule has 0 unspecified atom stereocenters. The molecular formula is C16H19N5O2. The highest BCUT2D eigenvalue weighted by atomic mass is 16.2. The summed E-state index contributed by atoms with van der Waals surface area (Å²) in [7, 11) is 0. The van der Waals surface area contributed by atoms with Crippen LogP contribution in [-0.4, -0.2) is 46.3 Å². The van der Waals surface area contributed by atoms with Gasteiger partial charge in [0.05, 0.1) is 12.1 Å². The van der Waals surface area contributed by atoms with Crippen LogP contribution in [0, 0.1) is 5.92 Å². The van der Waals surface area contributed by atoms with Crippen LogP contribution in [0.1, 0.15) is 12.8 Å². The van der Waals surface area contributed by atoms with Crippen molar-refractivity contribution in [1.29, 1.82) is 0 Å². The molecule has 1 aromatic heterocycles. The van der Waals surface area contributed by atoms with Gasteiger partial charge in [-0.3, -0.25) is 9.59 Å². The summed E-state index contributed by atoms with van der Waals surface area (Å²) >= 11 is 0. The van der Waals surface area contributed by atoms with E-state index in [2.05, 4.69) is 15.3 Å². The van der Waals surface area contributed by atoms with E-state index in [0.717, 1.165) is 10.9 Å². The largest absolute Gasteiger partial charge is 0.369 e. The fourth-order valence-corrected chi connectivity index (χ4v) is 2.83. The molecule has 0 radical (unpaired) electrons. The van der Waals surface area contributed by atoms with Gasteiger partial charge in [-0.15, -0.1) is 0 Å². The quantitative estimate of drug-likeness (QED) is 0.868. The van der Waals surface area contributed by atoms with Gasteiger partial charge in [-0.05, 0) is 25.0 Å². The molecule has 0 bridgehead atoms. The van der Waals surface area contributed by atoms with Crippen molar-refractivity contribution in [1.82, 2.24) is 14.9 Å². The van der Waals surface area contributed by atoms with Crippen LogP contribution >= 0.6 is 0 Å². The number of hydrogen-bond donors (Lipinski definition) is 2. The molecule has 0 saturated carbocycles. The second-order valence-corrected chi connectivity index (χ2v) is 5.65. The van der Waals surface area contributed by atoms with E-state index in [-0.39, 0.29) is 24.3 Å². The lowest BCUT2D eigenvalue weighted by atomic mass is 9.96. The second kappa shape index (κ2) is 6.60. The van der Waals surface area contributed by atoms with Crippen molar-refractivity contribution in [3.05, 3.63) is 30.6 Å². The number of primary amides is 1. The van der Waals surface area contributed by atoms with E-state index in [0.29, 0.717) is 31.7 Å². The molecule has 120 valence electrons. The number of carbonyl (C=O) groups excluding carboxylic acids is 2. The lowest BCUT2D eigenvalue weighted by Gasteiger charge is -2.30. The van der Waals surface area contributed by atoms with Crippen LogP contribution < -0.4 is 11.1 Å². The van der Waals surface area contributed by atoms with Crippen molar-refractivity contribution in [3.8, 4) is 0 Å². The van der Waals surface area contributed by atoms with Gasteiger partial charge in [0.1, 0.15) is 12.1 Å². The summed E-state index contributed by atoms with van der Waals surface area (Å²) in [6.45, 7) is 1.31. The zero-order valence-electron chi connectivity index (χ0n) is 12.7. The van der Waals surface area contributed by atoms with Gasteiger partial charge in [-0.1, -0.05) is 12.1 Å². The number of likely N-dealkylation sites (tertiary alicyclic amines) is 1. The summed E-state index contributed by atoms with van der Waals surface area (Å²) in [6, 6.07) is 7.64. The molecular weight excluding hydrogens is 294 g/mol. The Morgan fingerprint density at radius 1 is 1.22 bits per heavy atom. The Morgan fingerprint density at radius 3 is 2.70 bits per heavy atom. The number of nitrogens with one attached hydrogen (secondary N) is 1. The Kier molecular flexibility index (Phi) is 4.36. The van der Waals surface area contributed by atoms with Crippen LogP contribution in [0.5, 0.6) is 0 Å². The van der Waals surface area contributed by atoms with E-state index in [4.69, 9.17) is 5.73 Å². The monoisotopic (exact) mass is 313 g/mol. The first-order valence-electron chi connectivity index (χ1n) is 7.66. The van der Waals surface area contributed by atoms with E-state index in [9.17, 15) is 9.59 Å². The third-order valence-corrected chi connectivity index (χ3v) is 4.20. The maximum absolute atomic E-state index is 12.3. The lowest BCUT2D eigenvalue weighted by Crippen LogP contribution is -2.43. The van der Waals surface area contributed by atoms with Gasteiger partial charge in [0.15, 0.2) is 0 Å². The number of para-hydroxylation sites is 1. The molecule has 0 aliphatic carbocycles. The molecule has 1 aromatic carbocycles. The number of fused-ring (bicyclic) bond motifs is 1. The summed E-state index contributed by atoms with van der Waals surface area (Å²) in [5.74, 6) is 0.257. The van der Waals surface area contributed by atoms with Gasteiger partial charge in [-0.25, -0.2) is 9.97 Å². The predicted molar refractivity (Wildman–Crippen MR) is 86.5 cm³/mol. The fourth-order valence-electron chi connectivity index (χ4n) is 2.83. The minimum absolute atomic E-state index is 0.00406. The van der Waals surface area contributed by atoms with Gasteiger partial charge in [0, 0.05) is 24.4 Å². The average molecular weight is 313 g/mol. The van der Waals surface area contributed by atoms with Gasteiger partial charge in [0.25, 0.3) is 0 Å². The number of piperidine rings is 1. The van der Waals surface area contributed by atoms with Gasteiger partial charge in [0.2, 0.25) is 11.8 Å². The Balaban J connectivity index is 1.60. The molecule has 2 aromatic rings. The third kappa shape index (κ3) is 3.39. The molecule has 23 heavy (non-hydrogen) atoms. The molecule has 1 fully saturated rings. The average Bonchev–Trinajstić information content (AvgIpc) is 2.59. The first kappa shape index (κ1) is 15.2. The molecule has 1 aliphatic heterocycles. The van der Waals surface area contributed by atoms with Crippen molar-refractivity contribution in [2.45, 2.75) is 12.8 Å². The van der Waals surface area contributed by atoms with Crippen molar-refractivity contribution >= 4 is 28.5 Å². The highest BCUT2D eigenvalue weighted by molar-refractivity contribution is 5.90. The lowest BCUT2D eigenvalue weighted by molar-refractivity contribution is -0.133. The number of carbonyl (C=O) groups is 2. The molecule has 0 spiro atoms. The van der Waals surface area contributed by atoms with Crippen molar-refractivity contribution in [2.75, 3.05) is 25.0 Å². The van der Waals surface area contributed by atoms with E-state index in [1.807, 2.05) is 24.3 Å². The van der Waals surface area contributed by atoms with Crippen molar-refractivity contribution < 1.29 is 9.59 Å².